The van der Waals surface area contributed by atoms with Crippen LogP contribution in [0, 0.1) is 0 Å². The molecule has 98 valence electrons. The number of carbonyl (C=O) groups excluding carboxylic acids is 1. The summed E-state index contributed by atoms with van der Waals surface area (Å²) in [6.45, 7) is 0.753. The standard InChI is InChI=1S/C14H15N3O2/c15-14-11(8-16-17-14)12(18)3-1-9-2-4-13-10(7-9)5-6-19-13/h2,4,7-8H,1,3,5-6H2,(H3,15,16,17). The molecule has 0 radical (unpaired) electrons. The van der Waals surface area contributed by atoms with Gasteiger partial charge >= 0.3 is 0 Å². The van der Waals surface area contributed by atoms with Crippen LogP contribution >= 0.6 is 0 Å². The molecule has 0 saturated carbocycles. The Labute approximate surface area is 110 Å². The van der Waals surface area contributed by atoms with Crippen molar-refractivity contribution in [1.82, 2.24) is 10.2 Å². The molecule has 1 aromatic carbocycles. The Balaban J connectivity index is 1.66. The topological polar surface area (TPSA) is 81.0 Å². The molecule has 2 heterocycles. The molecule has 5 nitrogen and oxygen atoms in total. The van der Waals surface area contributed by atoms with Gasteiger partial charge in [-0.05, 0) is 23.6 Å². The van der Waals surface area contributed by atoms with Crippen molar-refractivity contribution in [2.45, 2.75) is 19.3 Å². The van der Waals surface area contributed by atoms with Gasteiger partial charge in [0.15, 0.2) is 5.78 Å². The van der Waals surface area contributed by atoms with Crippen molar-refractivity contribution in [3.63, 3.8) is 0 Å². The second kappa shape index (κ2) is 4.76. The number of ether oxygens (including phenoxy) is 1. The lowest BCUT2D eigenvalue weighted by molar-refractivity contribution is 0.0984. The number of H-pyrrole nitrogens is 1. The van der Waals surface area contributed by atoms with Gasteiger partial charge in [0.05, 0.1) is 18.4 Å². The van der Waals surface area contributed by atoms with Gasteiger partial charge in [0.25, 0.3) is 0 Å². The maximum absolute atomic E-state index is 12.0. The van der Waals surface area contributed by atoms with Gasteiger partial charge in [-0.15, -0.1) is 0 Å². The minimum Gasteiger partial charge on any atom is -0.493 e. The van der Waals surface area contributed by atoms with E-state index in [1.54, 1.807) is 0 Å². The molecule has 0 atom stereocenters. The highest BCUT2D eigenvalue weighted by molar-refractivity contribution is 5.99. The molecule has 3 rings (SSSR count). The SMILES string of the molecule is Nc1[nH]ncc1C(=O)CCc1ccc2c(c1)CCO2. The Morgan fingerprint density at radius 2 is 2.37 bits per heavy atom. The average Bonchev–Trinajstić information content (AvgIpc) is 3.03. The normalized spacial score (nSPS) is 13.1. The summed E-state index contributed by atoms with van der Waals surface area (Å²) in [5, 5.41) is 6.33. The number of aromatic nitrogens is 2. The molecule has 0 unspecified atom stereocenters. The fourth-order valence-electron chi connectivity index (χ4n) is 2.31. The van der Waals surface area contributed by atoms with Crippen LogP contribution in [-0.4, -0.2) is 22.6 Å². The number of anilines is 1. The van der Waals surface area contributed by atoms with Crippen LogP contribution in [0.25, 0.3) is 0 Å². The fourth-order valence-corrected chi connectivity index (χ4v) is 2.31. The van der Waals surface area contributed by atoms with Crippen molar-refractivity contribution < 1.29 is 9.53 Å². The third-order valence-corrected chi connectivity index (χ3v) is 3.36. The first kappa shape index (κ1) is 11.8. The molecule has 1 aliphatic heterocycles. The van der Waals surface area contributed by atoms with Gasteiger partial charge in [-0.25, -0.2) is 0 Å². The van der Waals surface area contributed by atoms with E-state index in [0.29, 0.717) is 24.2 Å². The fraction of sp³-hybridized carbons (Fsp3) is 0.286. The zero-order valence-corrected chi connectivity index (χ0v) is 10.5. The first-order valence-corrected chi connectivity index (χ1v) is 6.30. The maximum atomic E-state index is 12.0. The number of aromatic amines is 1. The van der Waals surface area contributed by atoms with Crippen LogP contribution in [-0.2, 0) is 12.8 Å². The van der Waals surface area contributed by atoms with E-state index in [1.165, 1.54) is 11.8 Å². The first-order chi connectivity index (χ1) is 9.24. The number of nitrogens with two attached hydrogens (primary N) is 1. The van der Waals surface area contributed by atoms with Gasteiger partial charge in [0.1, 0.15) is 11.6 Å². The number of rotatable bonds is 4. The van der Waals surface area contributed by atoms with Gasteiger partial charge in [0.2, 0.25) is 0 Å². The summed E-state index contributed by atoms with van der Waals surface area (Å²) in [6, 6.07) is 6.11. The minimum atomic E-state index is 0.0167. The van der Waals surface area contributed by atoms with E-state index in [-0.39, 0.29) is 5.78 Å². The summed E-state index contributed by atoms with van der Waals surface area (Å²) in [5.41, 5.74) is 8.49. The molecule has 0 amide bonds. The zero-order chi connectivity index (χ0) is 13.2. The summed E-state index contributed by atoms with van der Waals surface area (Å²) in [7, 11) is 0. The lowest BCUT2D eigenvalue weighted by Crippen LogP contribution is -2.03. The second-order valence-corrected chi connectivity index (χ2v) is 4.66. The number of fused-ring (bicyclic) bond motifs is 1. The van der Waals surface area contributed by atoms with Crippen molar-refractivity contribution in [1.29, 1.82) is 0 Å². The monoisotopic (exact) mass is 257 g/mol. The number of hydrogen-bond donors (Lipinski definition) is 2. The van der Waals surface area contributed by atoms with Crippen LogP contribution < -0.4 is 10.5 Å². The Morgan fingerprint density at radius 1 is 1.47 bits per heavy atom. The lowest BCUT2D eigenvalue weighted by atomic mass is 10.0. The molecular weight excluding hydrogens is 242 g/mol. The third kappa shape index (κ3) is 2.31. The quantitative estimate of drug-likeness (QED) is 0.817. The van der Waals surface area contributed by atoms with Crippen LogP contribution in [0.5, 0.6) is 5.75 Å². The van der Waals surface area contributed by atoms with Gasteiger partial charge in [-0.1, -0.05) is 12.1 Å². The molecule has 0 aliphatic carbocycles. The van der Waals surface area contributed by atoms with Crippen LogP contribution in [0.3, 0.4) is 0 Å². The van der Waals surface area contributed by atoms with Gasteiger partial charge in [-0.2, -0.15) is 5.10 Å². The van der Waals surface area contributed by atoms with Crippen molar-refractivity contribution in [2.75, 3.05) is 12.3 Å². The Bertz CT molecular complexity index is 619. The summed E-state index contributed by atoms with van der Waals surface area (Å²) in [5.74, 6) is 1.32. The smallest absolute Gasteiger partial charge is 0.168 e. The number of nitrogen functional groups attached to an aromatic ring is 1. The molecule has 2 aromatic rings. The molecule has 0 saturated heterocycles. The van der Waals surface area contributed by atoms with Gasteiger partial charge in [-0.3, -0.25) is 9.89 Å². The van der Waals surface area contributed by atoms with Crippen LogP contribution in [0.15, 0.2) is 24.4 Å². The highest BCUT2D eigenvalue weighted by atomic mass is 16.5. The number of aryl methyl sites for hydroxylation is 1. The number of nitrogens with zero attached hydrogens (tertiary/aromatic N) is 1. The molecule has 0 spiro atoms. The molecule has 0 bridgehead atoms. The predicted molar refractivity (Wildman–Crippen MR) is 71.3 cm³/mol. The van der Waals surface area contributed by atoms with E-state index in [1.807, 2.05) is 12.1 Å². The van der Waals surface area contributed by atoms with Crippen LogP contribution in [0.4, 0.5) is 5.82 Å². The average molecular weight is 257 g/mol. The molecule has 1 aliphatic rings. The molecule has 3 N–H and O–H groups in total. The number of ketones is 1. The van der Waals surface area contributed by atoms with E-state index in [9.17, 15) is 4.79 Å². The maximum Gasteiger partial charge on any atom is 0.168 e. The van der Waals surface area contributed by atoms with Crippen LogP contribution in [0.1, 0.15) is 27.9 Å². The number of hydrogen-bond acceptors (Lipinski definition) is 4. The summed E-state index contributed by atoms with van der Waals surface area (Å²) < 4.78 is 5.46. The number of nitrogens with one attached hydrogen (secondary N) is 1. The number of carbonyl (C=O) groups is 1. The van der Waals surface area contributed by atoms with E-state index < -0.39 is 0 Å². The van der Waals surface area contributed by atoms with Crippen molar-refractivity contribution in [3.8, 4) is 5.75 Å². The van der Waals surface area contributed by atoms with Gasteiger partial charge < -0.3 is 10.5 Å². The molecule has 19 heavy (non-hydrogen) atoms. The number of Topliss-reactive ketones (excluding diaryl/α,β-unsaturated/α-hetero) is 1. The van der Waals surface area contributed by atoms with Crippen molar-refractivity contribution >= 4 is 11.6 Å². The summed E-state index contributed by atoms with van der Waals surface area (Å²) >= 11 is 0. The first-order valence-electron chi connectivity index (χ1n) is 6.30. The minimum absolute atomic E-state index is 0.0167. The highest BCUT2D eigenvalue weighted by Gasteiger charge is 2.14. The van der Waals surface area contributed by atoms with E-state index >= 15 is 0 Å². The molecule has 5 heteroatoms. The Morgan fingerprint density at radius 3 is 3.16 bits per heavy atom. The second-order valence-electron chi connectivity index (χ2n) is 4.66. The summed E-state index contributed by atoms with van der Waals surface area (Å²) in [4.78, 5) is 12.0. The zero-order valence-electron chi connectivity index (χ0n) is 10.5. The van der Waals surface area contributed by atoms with E-state index in [0.717, 1.165) is 24.3 Å². The Hall–Kier alpha value is -2.30. The van der Waals surface area contributed by atoms with E-state index in [4.69, 9.17) is 10.5 Å². The molecule has 0 fully saturated rings. The molecule has 1 aromatic heterocycles. The Kier molecular flexibility index (Phi) is 2.95. The van der Waals surface area contributed by atoms with Crippen molar-refractivity contribution in [2.24, 2.45) is 0 Å². The lowest BCUT2D eigenvalue weighted by Gasteiger charge is -2.04. The predicted octanol–water partition coefficient (Wildman–Crippen LogP) is 1.74. The van der Waals surface area contributed by atoms with Crippen molar-refractivity contribution in [3.05, 3.63) is 41.1 Å². The number of benzene rings is 1. The summed E-state index contributed by atoms with van der Waals surface area (Å²) in [6.07, 6.45) is 3.57. The molecular formula is C14H15N3O2. The third-order valence-electron chi connectivity index (χ3n) is 3.36. The van der Waals surface area contributed by atoms with Crippen LogP contribution in [0.2, 0.25) is 0 Å². The van der Waals surface area contributed by atoms with Gasteiger partial charge in [0, 0.05) is 12.8 Å². The largest absolute Gasteiger partial charge is 0.493 e. The van der Waals surface area contributed by atoms with E-state index in [2.05, 4.69) is 16.3 Å². The highest BCUT2D eigenvalue weighted by Crippen LogP contribution is 2.26.